The Morgan fingerprint density at radius 2 is 2.17 bits per heavy atom. The van der Waals surface area contributed by atoms with Crippen molar-refractivity contribution < 1.29 is 10.0 Å². The Labute approximate surface area is 105 Å². The summed E-state index contributed by atoms with van der Waals surface area (Å²) in [6, 6.07) is 2.64. The van der Waals surface area contributed by atoms with Gasteiger partial charge in [0.2, 0.25) is 0 Å². The van der Waals surface area contributed by atoms with Gasteiger partial charge in [-0.2, -0.15) is 0 Å². The van der Waals surface area contributed by atoms with Crippen LogP contribution in [0.3, 0.4) is 0 Å². The minimum atomic E-state index is -0.485. The third kappa shape index (κ3) is 4.17. The van der Waals surface area contributed by atoms with Crippen LogP contribution in [-0.4, -0.2) is 35.2 Å². The summed E-state index contributed by atoms with van der Waals surface area (Å²) < 4.78 is 0. The molecule has 0 fully saturated rings. The molecule has 0 atom stereocenters. The van der Waals surface area contributed by atoms with Crippen LogP contribution in [0.1, 0.15) is 19.3 Å². The van der Waals surface area contributed by atoms with E-state index >= 15 is 0 Å². The zero-order valence-electron chi connectivity index (χ0n) is 10.4. The van der Waals surface area contributed by atoms with E-state index < -0.39 is 4.92 Å². The summed E-state index contributed by atoms with van der Waals surface area (Å²) >= 11 is 0. The van der Waals surface area contributed by atoms with E-state index in [9.17, 15) is 10.1 Å². The van der Waals surface area contributed by atoms with Gasteiger partial charge in [-0.1, -0.05) is 0 Å². The predicted octanol–water partition coefficient (Wildman–Crippen LogP) is 1.17. The molecule has 0 saturated carbocycles. The number of aromatic nitrogens is 1. The molecule has 1 aromatic heterocycles. The average molecular weight is 254 g/mol. The second-order valence-electron chi connectivity index (χ2n) is 4.07. The molecule has 1 aromatic rings. The Kier molecular flexibility index (Phi) is 5.31. The highest BCUT2D eigenvalue weighted by Gasteiger charge is 2.12. The van der Waals surface area contributed by atoms with Crippen molar-refractivity contribution in [2.45, 2.75) is 19.3 Å². The fourth-order valence-electron chi connectivity index (χ4n) is 1.58. The van der Waals surface area contributed by atoms with E-state index in [1.54, 1.807) is 0 Å². The fraction of sp³-hybridized carbons (Fsp3) is 0.545. The number of aliphatic hydroxyl groups excluding tert-OH is 1. The molecule has 1 heterocycles. The number of aliphatic hydroxyl groups is 1. The molecule has 0 unspecified atom stereocenters. The molecule has 0 bridgehead atoms. The highest BCUT2D eigenvalue weighted by Crippen LogP contribution is 2.21. The van der Waals surface area contributed by atoms with Gasteiger partial charge in [0.05, 0.1) is 17.1 Å². The lowest BCUT2D eigenvalue weighted by Gasteiger charge is -2.18. The van der Waals surface area contributed by atoms with Crippen LogP contribution in [0.15, 0.2) is 12.1 Å². The Morgan fingerprint density at radius 1 is 1.44 bits per heavy atom. The highest BCUT2D eigenvalue weighted by molar-refractivity contribution is 5.53. The molecule has 7 heteroatoms. The first-order valence-electron chi connectivity index (χ1n) is 5.78. The van der Waals surface area contributed by atoms with E-state index in [0.717, 1.165) is 19.3 Å². The molecular weight excluding hydrogens is 236 g/mol. The summed E-state index contributed by atoms with van der Waals surface area (Å²) in [4.78, 5) is 16.1. The number of nitrogens with two attached hydrogens (primary N) is 1. The van der Waals surface area contributed by atoms with Crippen LogP contribution >= 0.6 is 0 Å². The van der Waals surface area contributed by atoms with Crippen molar-refractivity contribution in [1.29, 1.82) is 0 Å². The normalized spacial score (nSPS) is 10.3. The molecule has 100 valence electrons. The standard InChI is InChI=1S/C11H18N4O3/c1-14(5-3-2-4-6-16)11-8-9(15(17)18)7-10(12)13-11/h7-8,16H,2-6H2,1H3,(H2,12,13). The lowest BCUT2D eigenvalue weighted by molar-refractivity contribution is -0.384. The second kappa shape index (κ2) is 6.75. The quantitative estimate of drug-likeness (QED) is 0.430. The summed E-state index contributed by atoms with van der Waals surface area (Å²) in [7, 11) is 1.81. The largest absolute Gasteiger partial charge is 0.396 e. The van der Waals surface area contributed by atoms with E-state index in [1.165, 1.54) is 12.1 Å². The molecule has 1 rings (SSSR count). The maximum Gasteiger partial charge on any atom is 0.276 e. The Hall–Kier alpha value is -1.89. The summed E-state index contributed by atoms with van der Waals surface area (Å²) in [5.74, 6) is 0.632. The first kappa shape index (κ1) is 14.2. The monoisotopic (exact) mass is 254 g/mol. The van der Waals surface area contributed by atoms with E-state index in [0.29, 0.717) is 12.4 Å². The Balaban J connectivity index is 2.67. The molecular formula is C11H18N4O3. The van der Waals surface area contributed by atoms with E-state index in [4.69, 9.17) is 10.8 Å². The van der Waals surface area contributed by atoms with Gasteiger partial charge in [-0.25, -0.2) is 4.98 Å². The van der Waals surface area contributed by atoms with Gasteiger partial charge < -0.3 is 15.7 Å². The van der Waals surface area contributed by atoms with Gasteiger partial charge in [0.1, 0.15) is 11.6 Å². The van der Waals surface area contributed by atoms with Gasteiger partial charge in [0.15, 0.2) is 0 Å². The number of nitro groups is 1. The number of anilines is 2. The van der Waals surface area contributed by atoms with Gasteiger partial charge in [-0.3, -0.25) is 10.1 Å². The predicted molar refractivity (Wildman–Crippen MR) is 69.5 cm³/mol. The van der Waals surface area contributed by atoms with Crippen molar-refractivity contribution in [3.63, 3.8) is 0 Å². The van der Waals surface area contributed by atoms with E-state index in [-0.39, 0.29) is 18.1 Å². The molecule has 18 heavy (non-hydrogen) atoms. The number of unbranched alkanes of at least 4 members (excludes halogenated alkanes) is 2. The molecule has 0 saturated heterocycles. The molecule has 0 aliphatic carbocycles. The van der Waals surface area contributed by atoms with Crippen LogP contribution in [0.2, 0.25) is 0 Å². The number of pyridine rings is 1. The number of hydrogen-bond acceptors (Lipinski definition) is 6. The van der Waals surface area contributed by atoms with Crippen LogP contribution in [0.4, 0.5) is 17.3 Å². The number of nitrogen functional groups attached to an aromatic ring is 1. The zero-order valence-corrected chi connectivity index (χ0v) is 10.4. The topological polar surface area (TPSA) is 106 Å². The molecule has 7 nitrogen and oxygen atoms in total. The maximum atomic E-state index is 10.7. The van der Waals surface area contributed by atoms with Crippen LogP contribution in [0.25, 0.3) is 0 Å². The Morgan fingerprint density at radius 3 is 2.78 bits per heavy atom. The van der Waals surface area contributed by atoms with E-state index in [1.807, 2.05) is 11.9 Å². The number of nitrogens with zero attached hydrogens (tertiary/aromatic N) is 3. The smallest absolute Gasteiger partial charge is 0.276 e. The lowest BCUT2D eigenvalue weighted by atomic mass is 10.2. The number of rotatable bonds is 7. The van der Waals surface area contributed by atoms with E-state index in [2.05, 4.69) is 4.98 Å². The zero-order chi connectivity index (χ0) is 13.5. The second-order valence-corrected chi connectivity index (χ2v) is 4.07. The molecule has 0 spiro atoms. The molecule has 3 N–H and O–H groups in total. The van der Waals surface area contributed by atoms with Gasteiger partial charge in [-0.15, -0.1) is 0 Å². The van der Waals surface area contributed by atoms with Gasteiger partial charge >= 0.3 is 0 Å². The van der Waals surface area contributed by atoms with Gasteiger partial charge in [0.25, 0.3) is 5.69 Å². The third-order valence-electron chi connectivity index (χ3n) is 2.57. The van der Waals surface area contributed by atoms with Crippen LogP contribution in [0.5, 0.6) is 0 Å². The fourth-order valence-corrected chi connectivity index (χ4v) is 1.58. The first-order chi connectivity index (χ1) is 8.54. The lowest BCUT2D eigenvalue weighted by Crippen LogP contribution is -2.20. The maximum absolute atomic E-state index is 10.7. The van der Waals surface area contributed by atoms with Crippen molar-refractivity contribution >= 4 is 17.3 Å². The van der Waals surface area contributed by atoms with Crippen LogP contribution in [-0.2, 0) is 0 Å². The molecule has 0 aliphatic rings. The van der Waals surface area contributed by atoms with Crippen LogP contribution < -0.4 is 10.6 Å². The minimum Gasteiger partial charge on any atom is -0.396 e. The van der Waals surface area contributed by atoms with Crippen LogP contribution in [0, 0.1) is 10.1 Å². The Bertz CT molecular complexity index is 411. The summed E-state index contributed by atoms with van der Waals surface area (Å²) in [5.41, 5.74) is 5.48. The van der Waals surface area contributed by atoms with Crippen molar-refractivity contribution in [2.75, 3.05) is 30.8 Å². The SMILES string of the molecule is CN(CCCCCO)c1cc([N+](=O)[O-])cc(N)n1. The highest BCUT2D eigenvalue weighted by atomic mass is 16.6. The summed E-state index contributed by atoms with van der Waals surface area (Å²) in [6.45, 7) is 0.902. The molecule has 0 aromatic carbocycles. The van der Waals surface area contributed by atoms with Gasteiger partial charge in [0, 0.05) is 20.2 Å². The third-order valence-corrected chi connectivity index (χ3v) is 2.57. The number of hydrogen-bond donors (Lipinski definition) is 2. The first-order valence-corrected chi connectivity index (χ1v) is 5.78. The minimum absolute atomic E-state index is 0.0558. The van der Waals surface area contributed by atoms with Gasteiger partial charge in [-0.05, 0) is 19.3 Å². The average Bonchev–Trinajstić information content (AvgIpc) is 2.33. The van der Waals surface area contributed by atoms with Crippen molar-refractivity contribution in [3.05, 3.63) is 22.2 Å². The molecule has 0 radical (unpaired) electrons. The molecule has 0 amide bonds. The summed E-state index contributed by atoms with van der Waals surface area (Å²) in [6.07, 6.45) is 2.56. The van der Waals surface area contributed by atoms with Crippen molar-refractivity contribution in [1.82, 2.24) is 4.98 Å². The summed E-state index contributed by atoms with van der Waals surface area (Å²) in [5, 5.41) is 19.4. The van der Waals surface area contributed by atoms with Crippen molar-refractivity contribution in [2.24, 2.45) is 0 Å². The molecule has 0 aliphatic heterocycles. The van der Waals surface area contributed by atoms with Crippen molar-refractivity contribution in [3.8, 4) is 0 Å².